The second-order valence-electron chi connectivity index (χ2n) is 6.34. The van der Waals surface area contributed by atoms with Crippen LogP contribution in [0.1, 0.15) is 46.5 Å². The number of carbonyl (C=O) groups excluding carboxylic acids is 2. The Kier molecular flexibility index (Phi) is 6.51. The van der Waals surface area contributed by atoms with Gasteiger partial charge in [-0.25, -0.2) is 0 Å². The summed E-state index contributed by atoms with van der Waals surface area (Å²) in [5.41, 5.74) is 0.773. The van der Waals surface area contributed by atoms with Gasteiger partial charge in [-0.05, 0) is 49.9 Å². The summed E-state index contributed by atoms with van der Waals surface area (Å²) >= 11 is 1.54. The number of amides is 2. The quantitative estimate of drug-likeness (QED) is 0.805. The Morgan fingerprint density at radius 1 is 1.17 bits per heavy atom. The van der Waals surface area contributed by atoms with E-state index in [-0.39, 0.29) is 17.1 Å². The number of hydrogen-bond donors (Lipinski definition) is 2. The molecule has 2 rings (SSSR count). The molecule has 1 aromatic carbocycles. The van der Waals surface area contributed by atoms with Gasteiger partial charge < -0.3 is 10.6 Å². The fourth-order valence-corrected chi connectivity index (χ4v) is 3.79. The summed E-state index contributed by atoms with van der Waals surface area (Å²) in [5.74, 6) is 0.598. The number of hydrogen-bond acceptors (Lipinski definition) is 3. The molecule has 0 unspecified atom stereocenters. The van der Waals surface area contributed by atoms with Crippen molar-refractivity contribution in [1.29, 1.82) is 0 Å². The minimum atomic E-state index is -0.129. The Bertz CT molecular complexity index is 544. The van der Waals surface area contributed by atoms with Gasteiger partial charge in [-0.1, -0.05) is 19.8 Å². The van der Waals surface area contributed by atoms with Gasteiger partial charge in [-0.2, -0.15) is 0 Å². The monoisotopic (exact) mass is 334 g/mol. The fraction of sp³-hybridized carbons (Fsp3) is 0.556. The first-order valence-corrected chi connectivity index (χ1v) is 9.18. The maximum Gasteiger partial charge on any atom is 0.233 e. The van der Waals surface area contributed by atoms with Gasteiger partial charge in [0.15, 0.2) is 0 Å². The largest absolute Gasteiger partial charge is 0.352 e. The van der Waals surface area contributed by atoms with Gasteiger partial charge in [0, 0.05) is 23.5 Å². The zero-order valence-electron chi connectivity index (χ0n) is 14.1. The molecule has 0 bridgehead atoms. The SMILES string of the molecule is CC(=O)Nc1ccc(S[C@H](C)C(=O)N[C@H]2CCCC[C@@H]2C)cc1. The lowest BCUT2D eigenvalue weighted by atomic mass is 9.86. The number of nitrogens with one attached hydrogen (secondary N) is 2. The average molecular weight is 334 g/mol. The van der Waals surface area contributed by atoms with Crippen molar-refractivity contribution in [2.24, 2.45) is 5.92 Å². The maximum atomic E-state index is 12.4. The van der Waals surface area contributed by atoms with Gasteiger partial charge in [-0.3, -0.25) is 9.59 Å². The zero-order valence-corrected chi connectivity index (χ0v) is 14.9. The Labute approximate surface area is 142 Å². The Balaban J connectivity index is 1.86. The number of benzene rings is 1. The van der Waals surface area contributed by atoms with E-state index < -0.39 is 0 Å². The maximum absolute atomic E-state index is 12.4. The predicted octanol–water partition coefficient (Wildman–Crippen LogP) is 3.82. The number of carbonyl (C=O) groups is 2. The van der Waals surface area contributed by atoms with E-state index in [9.17, 15) is 9.59 Å². The van der Waals surface area contributed by atoms with Gasteiger partial charge >= 0.3 is 0 Å². The molecule has 126 valence electrons. The summed E-state index contributed by atoms with van der Waals surface area (Å²) in [6, 6.07) is 7.91. The fourth-order valence-electron chi connectivity index (χ4n) is 2.91. The molecule has 0 aromatic heterocycles. The molecular formula is C18H26N2O2S. The van der Waals surface area contributed by atoms with Crippen LogP contribution in [-0.4, -0.2) is 23.1 Å². The van der Waals surface area contributed by atoms with Gasteiger partial charge in [0.05, 0.1) is 5.25 Å². The highest BCUT2D eigenvalue weighted by atomic mass is 32.2. The Morgan fingerprint density at radius 3 is 2.43 bits per heavy atom. The molecule has 0 saturated heterocycles. The zero-order chi connectivity index (χ0) is 16.8. The molecule has 3 atom stereocenters. The van der Waals surface area contributed by atoms with E-state index in [1.54, 1.807) is 11.8 Å². The van der Waals surface area contributed by atoms with Crippen LogP contribution in [0.4, 0.5) is 5.69 Å². The van der Waals surface area contributed by atoms with E-state index in [0.717, 1.165) is 17.0 Å². The third kappa shape index (κ3) is 5.57. The molecule has 0 spiro atoms. The van der Waals surface area contributed by atoms with Crippen LogP contribution >= 0.6 is 11.8 Å². The predicted molar refractivity (Wildman–Crippen MR) is 95.6 cm³/mol. The molecule has 1 aromatic rings. The minimum absolute atomic E-state index is 0.0836. The standard InChI is InChI=1S/C18H26N2O2S/c1-12-6-4-5-7-17(12)20-18(22)13(2)23-16-10-8-15(9-11-16)19-14(3)21/h8-13,17H,4-7H2,1-3H3,(H,19,21)(H,20,22)/t12-,13+,17-/m0/s1. The molecule has 1 aliphatic carbocycles. The smallest absolute Gasteiger partial charge is 0.233 e. The highest BCUT2D eigenvalue weighted by Gasteiger charge is 2.25. The lowest BCUT2D eigenvalue weighted by Crippen LogP contribution is -2.44. The topological polar surface area (TPSA) is 58.2 Å². The van der Waals surface area contributed by atoms with Crippen LogP contribution in [0, 0.1) is 5.92 Å². The lowest BCUT2D eigenvalue weighted by Gasteiger charge is -2.30. The van der Waals surface area contributed by atoms with E-state index in [4.69, 9.17) is 0 Å². The van der Waals surface area contributed by atoms with Crippen LogP contribution < -0.4 is 10.6 Å². The normalized spacial score (nSPS) is 22.2. The molecule has 2 amide bonds. The Hall–Kier alpha value is -1.49. The van der Waals surface area contributed by atoms with Crippen LogP contribution in [0.3, 0.4) is 0 Å². The molecule has 0 heterocycles. The van der Waals surface area contributed by atoms with Crippen molar-refractivity contribution in [2.45, 2.75) is 62.6 Å². The molecule has 5 heteroatoms. The number of anilines is 1. The summed E-state index contributed by atoms with van der Waals surface area (Å²) in [6.45, 7) is 5.65. The van der Waals surface area contributed by atoms with Crippen LogP contribution in [0.15, 0.2) is 29.2 Å². The number of rotatable bonds is 5. The molecule has 2 N–H and O–H groups in total. The molecule has 0 aliphatic heterocycles. The molecule has 1 saturated carbocycles. The highest BCUT2D eigenvalue weighted by molar-refractivity contribution is 8.00. The van der Waals surface area contributed by atoms with Crippen molar-refractivity contribution in [2.75, 3.05) is 5.32 Å². The first-order valence-electron chi connectivity index (χ1n) is 8.30. The van der Waals surface area contributed by atoms with E-state index >= 15 is 0 Å². The molecule has 4 nitrogen and oxygen atoms in total. The van der Waals surface area contributed by atoms with Crippen LogP contribution in [-0.2, 0) is 9.59 Å². The second kappa shape index (κ2) is 8.39. The molecular weight excluding hydrogens is 308 g/mol. The van der Waals surface area contributed by atoms with Gasteiger partial charge in [0.1, 0.15) is 0 Å². The summed E-state index contributed by atoms with van der Waals surface area (Å²) in [4.78, 5) is 24.4. The van der Waals surface area contributed by atoms with Crippen molar-refractivity contribution < 1.29 is 9.59 Å². The van der Waals surface area contributed by atoms with Crippen molar-refractivity contribution in [3.63, 3.8) is 0 Å². The molecule has 1 fully saturated rings. The second-order valence-corrected chi connectivity index (χ2v) is 7.76. The number of thioether (sulfide) groups is 1. The van der Waals surface area contributed by atoms with E-state index in [1.165, 1.54) is 26.2 Å². The highest BCUT2D eigenvalue weighted by Crippen LogP contribution is 2.27. The summed E-state index contributed by atoms with van der Waals surface area (Å²) in [5, 5.41) is 5.82. The average Bonchev–Trinajstić information content (AvgIpc) is 2.51. The third-order valence-electron chi connectivity index (χ3n) is 4.30. The van der Waals surface area contributed by atoms with Crippen molar-refractivity contribution >= 4 is 29.3 Å². The first-order chi connectivity index (χ1) is 11.0. The third-order valence-corrected chi connectivity index (χ3v) is 5.41. The van der Waals surface area contributed by atoms with Gasteiger partial charge in [0.2, 0.25) is 11.8 Å². The molecule has 23 heavy (non-hydrogen) atoms. The van der Waals surface area contributed by atoms with Gasteiger partial charge in [0.25, 0.3) is 0 Å². The van der Waals surface area contributed by atoms with Crippen LogP contribution in [0.25, 0.3) is 0 Å². The van der Waals surface area contributed by atoms with Crippen molar-refractivity contribution in [3.05, 3.63) is 24.3 Å². The lowest BCUT2D eigenvalue weighted by molar-refractivity contribution is -0.121. The van der Waals surface area contributed by atoms with Crippen LogP contribution in [0.2, 0.25) is 0 Å². The first kappa shape index (κ1) is 17.9. The summed E-state index contributed by atoms with van der Waals surface area (Å²) in [6.07, 6.45) is 4.78. The summed E-state index contributed by atoms with van der Waals surface area (Å²) < 4.78 is 0. The van der Waals surface area contributed by atoms with Crippen molar-refractivity contribution in [1.82, 2.24) is 5.32 Å². The summed E-state index contributed by atoms with van der Waals surface area (Å²) in [7, 11) is 0. The van der Waals surface area contributed by atoms with E-state index in [2.05, 4.69) is 17.6 Å². The van der Waals surface area contributed by atoms with Gasteiger partial charge in [-0.15, -0.1) is 11.8 Å². The minimum Gasteiger partial charge on any atom is -0.352 e. The Morgan fingerprint density at radius 2 is 1.83 bits per heavy atom. The van der Waals surface area contributed by atoms with Crippen LogP contribution in [0.5, 0.6) is 0 Å². The van der Waals surface area contributed by atoms with Crippen molar-refractivity contribution in [3.8, 4) is 0 Å². The van der Waals surface area contributed by atoms with E-state index in [0.29, 0.717) is 12.0 Å². The van der Waals surface area contributed by atoms with E-state index in [1.807, 2.05) is 31.2 Å². The molecule has 0 radical (unpaired) electrons. The molecule has 1 aliphatic rings.